The Morgan fingerprint density at radius 3 is 2.15 bits per heavy atom. The number of carbonyl (C=O) groups is 5. The lowest BCUT2D eigenvalue weighted by Crippen LogP contribution is -2.58. The number of carboxylic acid groups (broad SMARTS) is 1. The predicted octanol–water partition coefficient (Wildman–Crippen LogP) is 0.544. The van der Waals surface area contributed by atoms with E-state index in [2.05, 4.69) is 20.9 Å². The molecule has 9 N–H and O–H groups in total. The van der Waals surface area contributed by atoms with E-state index in [9.17, 15) is 29.1 Å². The molecule has 0 radical (unpaired) electrons. The van der Waals surface area contributed by atoms with Crippen molar-refractivity contribution in [1.29, 1.82) is 0 Å². The standard InChI is InChI=1S/C27H40N6O6/c1-5-15(4)23(27(38)39)33-26(37)20(11-16-13-30-19-9-7-6-8-17(16)19)32-25(36)21(12-22(29)34)31-24(35)18(28)10-14(2)3/h6-9,13-15,18,20-21,23,30H,5,10-12,28H2,1-4H3,(H2,29,34)(H,31,35)(H,32,36)(H,33,37)(H,38,39). The number of aliphatic carboxylic acids is 1. The molecule has 2 aromatic rings. The minimum atomic E-state index is -1.38. The first-order chi connectivity index (χ1) is 18.3. The quantitative estimate of drug-likeness (QED) is 0.169. The Balaban J connectivity index is 2.34. The number of hydrogen-bond acceptors (Lipinski definition) is 6. The van der Waals surface area contributed by atoms with E-state index in [0.29, 0.717) is 18.4 Å². The molecule has 39 heavy (non-hydrogen) atoms. The number of hydrogen-bond donors (Lipinski definition) is 7. The number of rotatable bonds is 15. The largest absolute Gasteiger partial charge is 0.480 e. The number of primary amides is 1. The van der Waals surface area contributed by atoms with Crippen molar-refractivity contribution in [2.45, 2.75) is 77.5 Å². The summed E-state index contributed by atoms with van der Waals surface area (Å²) in [4.78, 5) is 65.9. The first-order valence-electron chi connectivity index (χ1n) is 13.1. The number of carbonyl (C=O) groups excluding carboxylic acids is 4. The van der Waals surface area contributed by atoms with Crippen LogP contribution in [-0.4, -0.2) is 63.9 Å². The van der Waals surface area contributed by atoms with Gasteiger partial charge in [-0.2, -0.15) is 0 Å². The van der Waals surface area contributed by atoms with Gasteiger partial charge in [-0.25, -0.2) is 4.79 Å². The Morgan fingerprint density at radius 1 is 0.949 bits per heavy atom. The highest BCUT2D eigenvalue weighted by molar-refractivity contribution is 5.96. The minimum absolute atomic E-state index is 0.0124. The topological polar surface area (TPSA) is 210 Å². The van der Waals surface area contributed by atoms with Crippen LogP contribution in [0, 0.1) is 11.8 Å². The number of benzene rings is 1. The SMILES string of the molecule is CCC(C)C(NC(=O)C(Cc1c[nH]c2ccccc12)NC(=O)C(CC(N)=O)NC(=O)C(N)CC(C)C)C(=O)O. The second-order valence-corrected chi connectivity index (χ2v) is 10.3. The second-order valence-electron chi connectivity index (χ2n) is 10.3. The lowest BCUT2D eigenvalue weighted by atomic mass is 9.97. The van der Waals surface area contributed by atoms with Gasteiger partial charge in [0.15, 0.2) is 0 Å². The molecule has 1 aromatic heterocycles. The highest BCUT2D eigenvalue weighted by atomic mass is 16.4. The van der Waals surface area contributed by atoms with E-state index in [-0.39, 0.29) is 18.3 Å². The summed E-state index contributed by atoms with van der Waals surface area (Å²) in [5.41, 5.74) is 12.8. The molecule has 5 unspecified atom stereocenters. The molecule has 0 bridgehead atoms. The molecular weight excluding hydrogens is 504 g/mol. The average Bonchev–Trinajstić information content (AvgIpc) is 3.27. The van der Waals surface area contributed by atoms with Crippen molar-refractivity contribution in [2.75, 3.05) is 0 Å². The molecule has 214 valence electrons. The first-order valence-corrected chi connectivity index (χ1v) is 13.1. The molecule has 5 atom stereocenters. The van der Waals surface area contributed by atoms with E-state index in [1.165, 1.54) is 0 Å². The van der Waals surface area contributed by atoms with Gasteiger partial charge in [-0.15, -0.1) is 0 Å². The molecule has 12 heteroatoms. The predicted molar refractivity (Wildman–Crippen MR) is 146 cm³/mol. The van der Waals surface area contributed by atoms with Gasteiger partial charge in [-0.3, -0.25) is 19.2 Å². The van der Waals surface area contributed by atoms with Crippen LogP contribution in [0.2, 0.25) is 0 Å². The van der Waals surface area contributed by atoms with E-state index in [1.54, 1.807) is 20.0 Å². The van der Waals surface area contributed by atoms with Crippen molar-refractivity contribution < 1.29 is 29.1 Å². The van der Waals surface area contributed by atoms with Crippen molar-refractivity contribution in [3.05, 3.63) is 36.0 Å². The maximum atomic E-state index is 13.4. The summed E-state index contributed by atoms with van der Waals surface area (Å²) >= 11 is 0. The molecule has 0 aliphatic carbocycles. The Hall–Kier alpha value is -3.93. The third kappa shape index (κ3) is 9.10. The van der Waals surface area contributed by atoms with Gasteiger partial charge >= 0.3 is 5.97 Å². The molecule has 0 fully saturated rings. The smallest absolute Gasteiger partial charge is 0.326 e. The Kier molecular flexibility index (Phi) is 11.5. The van der Waals surface area contributed by atoms with Crippen molar-refractivity contribution in [3.8, 4) is 0 Å². The lowest BCUT2D eigenvalue weighted by Gasteiger charge is -2.26. The zero-order chi connectivity index (χ0) is 29.3. The van der Waals surface area contributed by atoms with Crippen molar-refractivity contribution in [2.24, 2.45) is 23.3 Å². The molecular formula is C27H40N6O6. The number of nitrogens with one attached hydrogen (secondary N) is 4. The fourth-order valence-electron chi connectivity index (χ4n) is 4.24. The van der Waals surface area contributed by atoms with Crippen molar-refractivity contribution >= 4 is 40.5 Å². The zero-order valence-corrected chi connectivity index (χ0v) is 22.8. The summed E-state index contributed by atoms with van der Waals surface area (Å²) in [6.07, 6.45) is 2.05. The maximum absolute atomic E-state index is 13.4. The number of aromatic amines is 1. The van der Waals surface area contributed by atoms with E-state index >= 15 is 0 Å². The lowest BCUT2D eigenvalue weighted by molar-refractivity contribution is -0.144. The van der Waals surface area contributed by atoms with Crippen molar-refractivity contribution in [3.63, 3.8) is 0 Å². The van der Waals surface area contributed by atoms with E-state index in [4.69, 9.17) is 11.5 Å². The Labute approximate surface area is 227 Å². The van der Waals surface area contributed by atoms with Gasteiger partial charge in [0.1, 0.15) is 18.1 Å². The van der Waals surface area contributed by atoms with Gasteiger partial charge in [-0.1, -0.05) is 52.3 Å². The fourth-order valence-corrected chi connectivity index (χ4v) is 4.24. The van der Waals surface area contributed by atoms with Crippen molar-refractivity contribution in [1.82, 2.24) is 20.9 Å². The number of H-pyrrole nitrogens is 1. The number of fused-ring (bicyclic) bond motifs is 1. The summed E-state index contributed by atoms with van der Waals surface area (Å²) in [5, 5.41) is 18.1. The van der Waals surface area contributed by atoms with Crippen LogP contribution >= 0.6 is 0 Å². The normalized spacial score (nSPS) is 15.1. The van der Waals surface area contributed by atoms with Crippen LogP contribution in [-0.2, 0) is 30.4 Å². The molecule has 12 nitrogen and oxygen atoms in total. The highest BCUT2D eigenvalue weighted by Crippen LogP contribution is 2.20. The maximum Gasteiger partial charge on any atom is 0.326 e. The molecule has 4 amide bonds. The van der Waals surface area contributed by atoms with Gasteiger partial charge < -0.3 is 37.5 Å². The molecule has 1 heterocycles. The van der Waals surface area contributed by atoms with E-state index < -0.39 is 60.2 Å². The summed E-state index contributed by atoms with van der Waals surface area (Å²) < 4.78 is 0. The summed E-state index contributed by atoms with van der Waals surface area (Å²) in [6.45, 7) is 7.28. The third-order valence-electron chi connectivity index (χ3n) is 6.61. The Bertz CT molecular complexity index is 1180. The number of para-hydroxylation sites is 1. The third-order valence-corrected chi connectivity index (χ3v) is 6.61. The van der Waals surface area contributed by atoms with E-state index in [1.807, 2.05) is 38.1 Å². The van der Waals surface area contributed by atoms with Gasteiger partial charge in [0.25, 0.3) is 0 Å². The summed E-state index contributed by atoms with van der Waals surface area (Å²) in [5.74, 6) is -4.48. The minimum Gasteiger partial charge on any atom is -0.480 e. The molecule has 0 spiro atoms. The second kappa shape index (κ2) is 14.3. The van der Waals surface area contributed by atoms with Crippen LogP contribution < -0.4 is 27.4 Å². The molecule has 0 aliphatic rings. The Morgan fingerprint density at radius 2 is 1.56 bits per heavy atom. The zero-order valence-electron chi connectivity index (χ0n) is 22.8. The van der Waals surface area contributed by atoms with Crippen LogP contribution in [0.3, 0.4) is 0 Å². The number of nitrogens with two attached hydrogens (primary N) is 2. The monoisotopic (exact) mass is 544 g/mol. The van der Waals surface area contributed by atoms with Crippen LogP contribution in [0.4, 0.5) is 0 Å². The van der Waals surface area contributed by atoms with Gasteiger partial charge in [-0.05, 0) is 29.9 Å². The first kappa shape index (κ1) is 31.3. The number of amides is 4. The van der Waals surface area contributed by atoms with Crippen LogP contribution in [0.1, 0.15) is 52.5 Å². The van der Waals surface area contributed by atoms with Gasteiger partial charge in [0.2, 0.25) is 23.6 Å². The van der Waals surface area contributed by atoms with Crippen LogP contribution in [0.15, 0.2) is 30.5 Å². The van der Waals surface area contributed by atoms with E-state index in [0.717, 1.165) is 10.9 Å². The molecule has 1 aromatic carbocycles. The fraction of sp³-hybridized carbons (Fsp3) is 0.519. The highest BCUT2D eigenvalue weighted by Gasteiger charge is 2.33. The summed E-state index contributed by atoms with van der Waals surface area (Å²) in [6, 6.07) is 2.69. The van der Waals surface area contributed by atoms with Gasteiger partial charge in [0.05, 0.1) is 12.5 Å². The number of carboxylic acids is 1. The van der Waals surface area contributed by atoms with Crippen LogP contribution in [0.5, 0.6) is 0 Å². The molecule has 0 aliphatic heterocycles. The molecule has 2 rings (SSSR count). The van der Waals surface area contributed by atoms with Crippen LogP contribution in [0.25, 0.3) is 10.9 Å². The summed E-state index contributed by atoms with van der Waals surface area (Å²) in [7, 11) is 0. The molecule has 0 saturated heterocycles. The van der Waals surface area contributed by atoms with Gasteiger partial charge in [0, 0.05) is 23.5 Å². The molecule has 0 saturated carbocycles. The number of aromatic nitrogens is 1. The average molecular weight is 545 g/mol.